The lowest BCUT2D eigenvalue weighted by Crippen LogP contribution is -2.45. The second kappa shape index (κ2) is 5.15. The molecular formula is C12H23NO3. The number of esters is 1. The van der Waals surface area contributed by atoms with Gasteiger partial charge in [-0.05, 0) is 33.1 Å². The Bertz CT molecular complexity index is 247. The minimum Gasteiger partial charge on any atom is -0.459 e. The van der Waals surface area contributed by atoms with Gasteiger partial charge in [0.25, 0.3) is 0 Å². The topological polar surface area (TPSA) is 49.8 Å². The molecule has 1 N–H and O–H groups in total. The van der Waals surface area contributed by atoms with Crippen LogP contribution < -0.4 is 0 Å². The molecule has 0 aromatic carbocycles. The molecule has 1 aliphatic heterocycles. The third-order valence-electron chi connectivity index (χ3n) is 2.72. The van der Waals surface area contributed by atoms with E-state index in [0.29, 0.717) is 6.54 Å². The van der Waals surface area contributed by atoms with Crippen molar-refractivity contribution >= 4 is 5.97 Å². The van der Waals surface area contributed by atoms with Gasteiger partial charge in [-0.15, -0.1) is 0 Å². The van der Waals surface area contributed by atoms with E-state index in [0.717, 1.165) is 19.5 Å². The van der Waals surface area contributed by atoms with Crippen molar-refractivity contribution in [2.75, 3.05) is 19.6 Å². The fourth-order valence-corrected chi connectivity index (χ4v) is 1.92. The number of piperidine rings is 1. The Balaban J connectivity index is 2.35. The Morgan fingerprint density at radius 1 is 1.50 bits per heavy atom. The molecule has 94 valence electrons. The summed E-state index contributed by atoms with van der Waals surface area (Å²) in [5.74, 6) is 0.0484. The molecule has 4 heteroatoms. The lowest BCUT2D eigenvalue weighted by atomic mass is 9.97. The first kappa shape index (κ1) is 13.5. The number of likely N-dealkylation sites (tertiary alicyclic amines) is 1. The largest absolute Gasteiger partial charge is 0.459 e. The lowest BCUT2D eigenvalue weighted by molar-refractivity contribution is -0.157. The van der Waals surface area contributed by atoms with Crippen LogP contribution in [0.15, 0.2) is 0 Å². The summed E-state index contributed by atoms with van der Waals surface area (Å²) in [4.78, 5) is 13.6. The van der Waals surface area contributed by atoms with Crippen LogP contribution in [0.3, 0.4) is 0 Å². The van der Waals surface area contributed by atoms with E-state index in [-0.39, 0.29) is 18.0 Å². The van der Waals surface area contributed by atoms with Crippen molar-refractivity contribution in [1.29, 1.82) is 0 Å². The summed E-state index contributed by atoms with van der Waals surface area (Å²) in [6.07, 6.45) is 0.513. The van der Waals surface area contributed by atoms with E-state index in [1.165, 1.54) is 0 Å². The summed E-state index contributed by atoms with van der Waals surface area (Å²) in [7, 11) is 0. The van der Waals surface area contributed by atoms with Crippen molar-refractivity contribution in [2.24, 2.45) is 5.92 Å². The normalized spacial score (nSPS) is 27.8. The molecule has 2 unspecified atom stereocenters. The van der Waals surface area contributed by atoms with Crippen LogP contribution in [0.25, 0.3) is 0 Å². The van der Waals surface area contributed by atoms with E-state index in [1.807, 2.05) is 32.6 Å². The average molecular weight is 229 g/mol. The maximum Gasteiger partial charge on any atom is 0.320 e. The van der Waals surface area contributed by atoms with Gasteiger partial charge in [0.2, 0.25) is 0 Å². The highest BCUT2D eigenvalue weighted by molar-refractivity contribution is 5.72. The van der Waals surface area contributed by atoms with Gasteiger partial charge in [0.15, 0.2) is 0 Å². The standard InChI is InChI=1S/C12H23NO3/c1-9-7-13(6-5-10(9)14)8-11(15)16-12(2,3)4/h9-10,14H,5-8H2,1-4H3. The van der Waals surface area contributed by atoms with Crippen LogP contribution in [-0.4, -0.2) is 47.3 Å². The van der Waals surface area contributed by atoms with Crippen LogP contribution in [0.2, 0.25) is 0 Å². The summed E-state index contributed by atoms with van der Waals surface area (Å²) < 4.78 is 5.26. The number of aliphatic hydroxyl groups is 1. The molecule has 1 saturated heterocycles. The van der Waals surface area contributed by atoms with Crippen molar-refractivity contribution in [3.8, 4) is 0 Å². The second-order valence-electron chi connectivity index (χ2n) is 5.65. The Hall–Kier alpha value is -0.610. The smallest absolute Gasteiger partial charge is 0.320 e. The Morgan fingerprint density at radius 2 is 2.12 bits per heavy atom. The molecule has 0 bridgehead atoms. The van der Waals surface area contributed by atoms with Crippen molar-refractivity contribution in [3.05, 3.63) is 0 Å². The molecule has 1 aliphatic rings. The number of hydrogen-bond acceptors (Lipinski definition) is 4. The first-order valence-electron chi connectivity index (χ1n) is 5.90. The van der Waals surface area contributed by atoms with E-state index in [4.69, 9.17) is 4.74 Å². The molecule has 0 amide bonds. The van der Waals surface area contributed by atoms with Gasteiger partial charge < -0.3 is 9.84 Å². The minimum absolute atomic E-state index is 0.184. The second-order valence-corrected chi connectivity index (χ2v) is 5.65. The Kier molecular flexibility index (Phi) is 4.33. The van der Waals surface area contributed by atoms with E-state index in [2.05, 4.69) is 0 Å². The first-order chi connectivity index (χ1) is 7.28. The Labute approximate surface area is 97.6 Å². The SMILES string of the molecule is CC1CN(CC(=O)OC(C)(C)C)CCC1O. The fourth-order valence-electron chi connectivity index (χ4n) is 1.92. The molecule has 0 spiro atoms. The first-order valence-corrected chi connectivity index (χ1v) is 5.90. The zero-order chi connectivity index (χ0) is 12.3. The highest BCUT2D eigenvalue weighted by Gasteiger charge is 2.26. The minimum atomic E-state index is -0.419. The van der Waals surface area contributed by atoms with Gasteiger partial charge >= 0.3 is 5.97 Å². The van der Waals surface area contributed by atoms with Crippen LogP contribution in [0, 0.1) is 5.92 Å². The molecule has 0 aliphatic carbocycles. The quantitative estimate of drug-likeness (QED) is 0.719. The zero-order valence-electron chi connectivity index (χ0n) is 10.7. The van der Waals surface area contributed by atoms with Crippen molar-refractivity contribution < 1.29 is 14.6 Å². The summed E-state index contributed by atoms with van der Waals surface area (Å²) >= 11 is 0. The number of hydrogen-bond donors (Lipinski definition) is 1. The zero-order valence-corrected chi connectivity index (χ0v) is 10.7. The van der Waals surface area contributed by atoms with Gasteiger partial charge in [-0.25, -0.2) is 0 Å². The van der Waals surface area contributed by atoms with E-state index >= 15 is 0 Å². The van der Waals surface area contributed by atoms with E-state index < -0.39 is 5.60 Å². The summed E-state index contributed by atoms with van der Waals surface area (Å²) in [6, 6.07) is 0. The molecule has 1 rings (SSSR count). The number of aliphatic hydroxyl groups excluding tert-OH is 1. The molecule has 0 radical (unpaired) electrons. The van der Waals surface area contributed by atoms with Gasteiger partial charge in [0.1, 0.15) is 5.60 Å². The number of ether oxygens (including phenoxy) is 1. The van der Waals surface area contributed by atoms with Crippen molar-refractivity contribution in [1.82, 2.24) is 4.90 Å². The van der Waals surface area contributed by atoms with Crippen LogP contribution in [0.1, 0.15) is 34.1 Å². The Morgan fingerprint density at radius 3 is 2.62 bits per heavy atom. The maximum absolute atomic E-state index is 11.6. The number of carbonyl (C=O) groups is 1. The van der Waals surface area contributed by atoms with Crippen LogP contribution in [0.5, 0.6) is 0 Å². The van der Waals surface area contributed by atoms with Crippen molar-refractivity contribution in [2.45, 2.75) is 45.8 Å². The van der Waals surface area contributed by atoms with Crippen molar-refractivity contribution in [3.63, 3.8) is 0 Å². The van der Waals surface area contributed by atoms with E-state index in [9.17, 15) is 9.90 Å². The van der Waals surface area contributed by atoms with Gasteiger partial charge in [-0.2, -0.15) is 0 Å². The third-order valence-corrected chi connectivity index (χ3v) is 2.72. The summed E-state index contributed by atoms with van der Waals surface area (Å²) in [5, 5.41) is 9.57. The van der Waals surface area contributed by atoms with Gasteiger partial charge in [-0.3, -0.25) is 9.69 Å². The van der Waals surface area contributed by atoms with Gasteiger partial charge in [0.05, 0.1) is 12.6 Å². The van der Waals surface area contributed by atoms with Crippen LogP contribution >= 0.6 is 0 Å². The number of nitrogens with zero attached hydrogens (tertiary/aromatic N) is 1. The van der Waals surface area contributed by atoms with E-state index in [1.54, 1.807) is 0 Å². The monoisotopic (exact) mass is 229 g/mol. The molecule has 2 atom stereocenters. The van der Waals surface area contributed by atoms with Crippen LogP contribution in [0.4, 0.5) is 0 Å². The third kappa shape index (κ3) is 4.49. The molecule has 1 heterocycles. The lowest BCUT2D eigenvalue weighted by Gasteiger charge is -2.34. The molecule has 16 heavy (non-hydrogen) atoms. The average Bonchev–Trinajstić information content (AvgIpc) is 2.08. The predicted molar refractivity (Wildman–Crippen MR) is 62.1 cm³/mol. The molecule has 4 nitrogen and oxygen atoms in total. The molecule has 0 saturated carbocycles. The maximum atomic E-state index is 11.6. The number of rotatable bonds is 2. The molecular weight excluding hydrogens is 206 g/mol. The predicted octanol–water partition coefficient (Wildman–Crippen LogP) is 1.03. The highest BCUT2D eigenvalue weighted by Crippen LogP contribution is 2.16. The van der Waals surface area contributed by atoms with Crippen LogP contribution in [-0.2, 0) is 9.53 Å². The molecule has 0 aromatic rings. The molecule has 0 aromatic heterocycles. The highest BCUT2D eigenvalue weighted by atomic mass is 16.6. The number of carbonyl (C=O) groups excluding carboxylic acids is 1. The fraction of sp³-hybridized carbons (Fsp3) is 0.917. The van der Waals surface area contributed by atoms with Gasteiger partial charge in [-0.1, -0.05) is 6.92 Å². The summed E-state index contributed by atoms with van der Waals surface area (Å²) in [6.45, 7) is 9.47. The van der Waals surface area contributed by atoms with Gasteiger partial charge in [0, 0.05) is 13.1 Å². The summed E-state index contributed by atoms with van der Waals surface area (Å²) in [5.41, 5.74) is -0.419. The molecule has 1 fully saturated rings.